The van der Waals surface area contributed by atoms with Crippen LogP contribution in [0.4, 0.5) is 0 Å². The normalized spacial score (nSPS) is 19.7. The highest BCUT2D eigenvalue weighted by atomic mass is 35.5. The number of halogens is 1. The van der Waals surface area contributed by atoms with Crippen molar-refractivity contribution in [2.75, 3.05) is 19.6 Å². The number of hydrogen-bond acceptors (Lipinski definition) is 3. The van der Waals surface area contributed by atoms with Gasteiger partial charge in [-0.25, -0.2) is 0 Å². The summed E-state index contributed by atoms with van der Waals surface area (Å²) in [6, 6.07) is 7.83. The predicted octanol–water partition coefficient (Wildman–Crippen LogP) is 3.88. The lowest BCUT2D eigenvalue weighted by Crippen LogP contribution is -2.41. The number of carbonyl (C=O) groups is 1. The van der Waals surface area contributed by atoms with E-state index in [1.807, 2.05) is 6.07 Å². The highest BCUT2D eigenvalue weighted by Gasteiger charge is 2.20. The summed E-state index contributed by atoms with van der Waals surface area (Å²) in [4.78, 5) is 14.7. The Morgan fingerprint density at radius 2 is 2.29 bits per heavy atom. The van der Waals surface area contributed by atoms with E-state index in [0.717, 1.165) is 19.0 Å². The highest BCUT2D eigenvalue weighted by molar-refractivity contribution is 6.30. The van der Waals surface area contributed by atoms with E-state index in [2.05, 4.69) is 17.1 Å². The van der Waals surface area contributed by atoms with Gasteiger partial charge in [0.25, 0.3) is 5.91 Å². The predicted molar refractivity (Wildman–Crippen MR) is 98.7 cm³/mol. The smallest absolute Gasteiger partial charge is 0.260 e. The summed E-state index contributed by atoms with van der Waals surface area (Å²) in [5.41, 5.74) is 0. The van der Waals surface area contributed by atoms with Crippen molar-refractivity contribution >= 4 is 17.5 Å². The molecule has 1 saturated heterocycles. The molecule has 0 spiro atoms. The second-order valence-corrected chi connectivity index (χ2v) is 6.89. The van der Waals surface area contributed by atoms with E-state index in [0.29, 0.717) is 17.3 Å². The van der Waals surface area contributed by atoms with Gasteiger partial charge in [0.15, 0.2) is 6.10 Å². The summed E-state index contributed by atoms with van der Waals surface area (Å²) in [5.74, 6) is 0.532. The first-order chi connectivity index (χ1) is 11.6. The molecule has 1 aromatic carbocycles. The van der Waals surface area contributed by atoms with E-state index < -0.39 is 6.10 Å². The molecule has 1 amide bonds. The van der Waals surface area contributed by atoms with Crippen molar-refractivity contribution in [2.24, 2.45) is 0 Å². The second-order valence-electron chi connectivity index (χ2n) is 6.46. The van der Waals surface area contributed by atoms with Gasteiger partial charge in [0.05, 0.1) is 0 Å². The molecule has 0 aromatic heterocycles. The van der Waals surface area contributed by atoms with Crippen LogP contribution in [0.5, 0.6) is 5.75 Å². The molecular formula is C19H29ClN2O2. The van der Waals surface area contributed by atoms with Crippen LogP contribution in [0.3, 0.4) is 0 Å². The Labute approximate surface area is 150 Å². The molecule has 4 nitrogen and oxygen atoms in total. The molecule has 1 heterocycles. The lowest BCUT2D eigenvalue weighted by atomic mass is 10.00. The van der Waals surface area contributed by atoms with Gasteiger partial charge in [-0.3, -0.25) is 4.79 Å². The van der Waals surface area contributed by atoms with Crippen molar-refractivity contribution in [3.63, 3.8) is 0 Å². The number of nitrogens with zero attached hydrogens (tertiary/aromatic N) is 1. The first-order valence-corrected chi connectivity index (χ1v) is 9.42. The molecule has 1 aromatic rings. The molecule has 0 saturated carbocycles. The van der Waals surface area contributed by atoms with E-state index in [-0.39, 0.29) is 5.91 Å². The Balaban J connectivity index is 1.67. The number of rotatable bonds is 8. The Hall–Kier alpha value is -1.26. The molecule has 1 fully saturated rings. The highest BCUT2D eigenvalue weighted by Crippen LogP contribution is 2.19. The van der Waals surface area contributed by atoms with Crippen molar-refractivity contribution in [3.8, 4) is 5.75 Å². The molecule has 0 aliphatic carbocycles. The summed E-state index contributed by atoms with van der Waals surface area (Å²) < 4.78 is 5.63. The Morgan fingerprint density at radius 3 is 3.04 bits per heavy atom. The summed E-state index contributed by atoms with van der Waals surface area (Å²) >= 11 is 5.92. The molecule has 2 atom stereocenters. The zero-order chi connectivity index (χ0) is 17.4. The number of likely N-dealkylation sites (tertiary alicyclic amines) is 1. The zero-order valence-electron chi connectivity index (χ0n) is 14.8. The van der Waals surface area contributed by atoms with Crippen LogP contribution in [-0.4, -0.2) is 42.6 Å². The molecule has 2 rings (SSSR count). The van der Waals surface area contributed by atoms with E-state index in [1.165, 1.54) is 32.2 Å². The topological polar surface area (TPSA) is 41.6 Å². The van der Waals surface area contributed by atoms with Crippen molar-refractivity contribution in [1.29, 1.82) is 0 Å². The van der Waals surface area contributed by atoms with Crippen LogP contribution in [0, 0.1) is 0 Å². The van der Waals surface area contributed by atoms with Gasteiger partial charge in [-0.15, -0.1) is 0 Å². The van der Waals surface area contributed by atoms with Crippen LogP contribution in [0.15, 0.2) is 24.3 Å². The van der Waals surface area contributed by atoms with Crippen molar-refractivity contribution in [1.82, 2.24) is 10.2 Å². The van der Waals surface area contributed by atoms with Crippen LogP contribution in [0.25, 0.3) is 0 Å². The van der Waals surface area contributed by atoms with Gasteiger partial charge in [0.2, 0.25) is 0 Å². The summed E-state index contributed by atoms with van der Waals surface area (Å²) in [7, 11) is 0. The minimum absolute atomic E-state index is 0.0827. The fraction of sp³-hybridized carbons (Fsp3) is 0.632. The Kier molecular flexibility index (Phi) is 7.86. The van der Waals surface area contributed by atoms with E-state index in [9.17, 15) is 4.79 Å². The lowest BCUT2D eigenvalue weighted by molar-refractivity contribution is -0.127. The summed E-state index contributed by atoms with van der Waals surface area (Å²) in [5, 5.41) is 3.57. The molecule has 0 unspecified atom stereocenters. The van der Waals surface area contributed by atoms with Gasteiger partial charge < -0.3 is 15.0 Å². The molecule has 1 N–H and O–H groups in total. The SMILES string of the molecule is CC[C@@H]1CCCCN1CCCNC(=O)[C@H](C)Oc1cccc(Cl)c1. The first-order valence-electron chi connectivity index (χ1n) is 9.04. The Morgan fingerprint density at radius 1 is 1.46 bits per heavy atom. The number of ether oxygens (including phenoxy) is 1. The van der Waals surface area contributed by atoms with Gasteiger partial charge in [-0.2, -0.15) is 0 Å². The molecular weight excluding hydrogens is 324 g/mol. The summed E-state index contributed by atoms with van der Waals surface area (Å²) in [6.45, 7) is 6.96. The minimum atomic E-state index is -0.526. The van der Waals surface area contributed by atoms with Gasteiger partial charge >= 0.3 is 0 Å². The van der Waals surface area contributed by atoms with Gasteiger partial charge in [-0.1, -0.05) is 31.0 Å². The van der Waals surface area contributed by atoms with Gasteiger partial charge in [0.1, 0.15) is 5.75 Å². The second kappa shape index (κ2) is 9.90. The van der Waals surface area contributed by atoms with Crippen LogP contribution in [0.1, 0.15) is 46.0 Å². The molecule has 5 heteroatoms. The zero-order valence-corrected chi connectivity index (χ0v) is 15.5. The van der Waals surface area contributed by atoms with Crippen LogP contribution >= 0.6 is 11.6 Å². The van der Waals surface area contributed by atoms with Crippen molar-refractivity contribution in [3.05, 3.63) is 29.3 Å². The van der Waals surface area contributed by atoms with E-state index in [4.69, 9.17) is 16.3 Å². The van der Waals surface area contributed by atoms with Crippen LogP contribution < -0.4 is 10.1 Å². The molecule has 0 bridgehead atoms. The quantitative estimate of drug-likeness (QED) is 0.722. The van der Waals surface area contributed by atoms with E-state index in [1.54, 1.807) is 25.1 Å². The molecule has 1 aliphatic rings. The maximum atomic E-state index is 12.1. The van der Waals surface area contributed by atoms with E-state index >= 15 is 0 Å². The molecule has 134 valence electrons. The van der Waals surface area contributed by atoms with Crippen LogP contribution in [0.2, 0.25) is 5.02 Å². The maximum Gasteiger partial charge on any atom is 0.260 e. The molecule has 1 aliphatic heterocycles. The number of benzene rings is 1. The van der Waals surface area contributed by atoms with Crippen LogP contribution in [-0.2, 0) is 4.79 Å². The number of piperidine rings is 1. The standard InChI is InChI=1S/C19H29ClN2O2/c1-3-17-9-4-5-12-22(17)13-7-11-21-19(23)15(2)24-18-10-6-8-16(20)14-18/h6,8,10,14-15,17H,3-5,7,9,11-13H2,1-2H3,(H,21,23)/t15-,17+/m0/s1. The maximum absolute atomic E-state index is 12.1. The van der Waals surface area contributed by atoms with Gasteiger partial charge in [0, 0.05) is 24.2 Å². The first kappa shape index (κ1) is 19.1. The fourth-order valence-electron chi connectivity index (χ4n) is 3.25. The third-order valence-electron chi connectivity index (χ3n) is 4.62. The number of nitrogens with one attached hydrogen (secondary N) is 1. The molecule has 24 heavy (non-hydrogen) atoms. The number of carbonyl (C=O) groups excluding carboxylic acids is 1. The van der Waals surface area contributed by atoms with Crippen molar-refractivity contribution < 1.29 is 9.53 Å². The third-order valence-corrected chi connectivity index (χ3v) is 4.85. The summed E-state index contributed by atoms with van der Waals surface area (Å²) in [6.07, 6.45) is 5.63. The minimum Gasteiger partial charge on any atom is -0.481 e. The largest absolute Gasteiger partial charge is 0.481 e. The van der Waals surface area contributed by atoms with Crippen molar-refractivity contribution in [2.45, 2.75) is 58.1 Å². The number of hydrogen-bond donors (Lipinski definition) is 1. The average Bonchev–Trinajstić information content (AvgIpc) is 2.58. The Bertz CT molecular complexity index is 524. The number of amides is 1. The van der Waals surface area contributed by atoms with Gasteiger partial charge in [-0.05, 0) is 57.4 Å². The fourth-order valence-corrected chi connectivity index (χ4v) is 3.43. The average molecular weight is 353 g/mol. The lowest BCUT2D eigenvalue weighted by Gasteiger charge is -2.35. The monoisotopic (exact) mass is 352 g/mol. The molecule has 0 radical (unpaired) electrons. The third kappa shape index (κ3) is 5.99.